The molecule has 10 nitrogen and oxygen atoms in total. The minimum absolute atomic E-state index is 0.124. The number of carbonyl (C=O) groups excluding carboxylic acids is 2. The lowest BCUT2D eigenvalue weighted by atomic mass is 10.1. The minimum atomic E-state index is -0.717. The molecule has 0 bridgehead atoms. The molecule has 0 amide bonds. The highest BCUT2D eigenvalue weighted by atomic mass is 16.6. The summed E-state index contributed by atoms with van der Waals surface area (Å²) in [6.45, 7) is 3.63. The molecule has 10 heteroatoms. The van der Waals surface area contributed by atoms with Gasteiger partial charge in [-0.25, -0.2) is 14.8 Å². The molecule has 1 aliphatic heterocycles. The van der Waals surface area contributed by atoms with E-state index in [9.17, 15) is 14.9 Å². The standard InChI is InChI=1S/C16H19N5O5/c1-4-25-16(23)12(7-17)14-13-15(19-8-20(14)3)21(9-18-13)10-24-5-6-26-11(2)22/h8-9H,4-6,10H2,1-3H3/b14-12-. The number of hydrogen-bond donors (Lipinski definition) is 0. The normalized spacial score (nSPS) is 14.5. The summed E-state index contributed by atoms with van der Waals surface area (Å²) in [7, 11) is 1.66. The molecule has 2 heterocycles. The van der Waals surface area contributed by atoms with E-state index < -0.39 is 5.97 Å². The van der Waals surface area contributed by atoms with Crippen LogP contribution in [0.25, 0.3) is 5.70 Å². The summed E-state index contributed by atoms with van der Waals surface area (Å²) in [5.74, 6) is -0.646. The topological polar surface area (TPSA) is 119 Å². The number of aliphatic imine (C=N–C) groups is 1. The molecule has 1 aromatic heterocycles. The van der Waals surface area contributed by atoms with Crippen molar-refractivity contribution in [1.82, 2.24) is 14.5 Å². The third-order valence-corrected chi connectivity index (χ3v) is 3.33. The van der Waals surface area contributed by atoms with E-state index in [1.807, 2.05) is 6.07 Å². The van der Waals surface area contributed by atoms with E-state index in [-0.39, 0.29) is 38.1 Å². The van der Waals surface area contributed by atoms with Crippen LogP contribution < -0.4 is 0 Å². The number of aromatic nitrogens is 2. The summed E-state index contributed by atoms with van der Waals surface area (Å²) in [6.07, 6.45) is 2.97. The third kappa shape index (κ3) is 4.25. The number of nitriles is 1. The molecule has 0 unspecified atom stereocenters. The van der Waals surface area contributed by atoms with E-state index in [4.69, 9.17) is 14.2 Å². The van der Waals surface area contributed by atoms with Crippen LogP contribution in [-0.4, -0.2) is 59.6 Å². The summed E-state index contributed by atoms with van der Waals surface area (Å²) in [4.78, 5) is 32.8. The molecule has 0 spiro atoms. The van der Waals surface area contributed by atoms with Gasteiger partial charge in [0.1, 0.15) is 25.1 Å². The smallest absolute Gasteiger partial charge is 0.351 e. The van der Waals surface area contributed by atoms with Crippen LogP contribution in [0.1, 0.15) is 19.5 Å². The van der Waals surface area contributed by atoms with Gasteiger partial charge in [-0.2, -0.15) is 5.26 Å². The van der Waals surface area contributed by atoms with E-state index in [1.165, 1.54) is 24.5 Å². The molecule has 0 aliphatic carbocycles. The van der Waals surface area contributed by atoms with Crippen LogP contribution >= 0.6 is 0 Å². The van der Waals surface area contributed by atoms with Crippen molar-refractivity contribution in [2.24, 2.45) is 4.99 Å². The van der Waals surface area contributed by atoms with E-state index >= 15 is 0 Å². The van der Waals surface area contributed by atoms with E-state index in [1.54, 1.807) is 18.5 Å². The molecule has 0 N–H and O–H groups in total. The number of nitrogens with zero attached hydrogens (tertiary/aromatic N) is 5. The molecule has 0 saturated carbocycles. The van der Waals surface area contributed by atoms with Crippen LogP contribution in [0.5, 0.6) is 0 Å². The summed E-state index contributed by atoms with van der Waals surface area (Å²) in [5.41, 5.74) is 0.542. The molecule has 0 fully saturated rings. The Hall–Kier alpha value is -3.19. The molecular formula is C16H19N5O5. The fourth-order valence-corrected chi connectivity index (χ4v) is 2.24. The average molecular weight is 361 g/mol. The van der Waals surface area contributed by atoms with Crippen molar-refractivity contribution in [1.29, 1.82) is 5.26 Å². The first-order valence-corrected chi connectivity index (χ1v) is 7.84. The van der Waals surface area contributed by atoms with Gasteiger partial charge in [-0.05, 0) is 6.92 Å². The lowest BCUT2D eigenvalue weighted by molar-refractivity contribution is -0.143. The van der Waals surface area contributed by atoms with Crippen LogP contribution in [0.15, 0.2) is 16.9 Å². The Bertz CT molecular complexity index is 789. The Kier molecular flexibility index (Phi) is 6.46. The molecule has 1 aromatic rings. The Morgan fingerprint density at radius 3 is 2.73 bits per heavy atom. The van der Waals surface area contributed by atoms with E-state index in [0.717, 1.165) is 0 Å². The second kappa shape index (κ2) is 8.77. The molecule has 1 aliphatic rings. The quantitative estimate of drug-likeness (QED) is 0.303. The first-order valence-electron chi connectivity index (χ1n) is 7.84. The largest absolute Gasteiger partial charge is 0.463 e. The number of fused-ring (bicyclic) bond motifs is 1. The maximum absolute atomic E-state index is 12.1. The van der Waals surface area contributed by atoms with Gasteiger partial charge in [0.15, 0.2) is 11.4 Å². The highest BCUT2D eigenvalue weighted by Gasteiger charge is 2.28. The zero-order chi connectivity index (χ0) is 19.1. The van der Waals surface area contributed by atoms with Gasteiger partial charge in [-0.15, -0.1) is 0 Å². The minimum Gasteiger partial charge on any atom is -0.463 e. The number of ether oxygens (including phenoxy) is 3. The summed E-state index contributed by atoms with van der Waals surface area (Å²) < 4.78 is 16.8. The van der Waals surface area contributed by atoms with E-state index in [2.05, 4.69) is 9.98 Å². The van der Waals surface area contributed by atoms with E-state index in [0.29, 0.717) is 17.2 Å². The molecule has 2 rings (SSSR count). The van der Waals surface area contributed by atoms with Gasteiger partial charge in [0.25, 0.3) is 0 Å². The Labute approximate surface area is 150 Å². The third-order valence-electron chi connectivity index (χ3n) is 3.33. The summed E-state index contributed by atoms with van der Waals surface area (Å²) in [6, 6.07) is 1.88. The molecular weight excluding hydrogens is 342 g/mol. The molecule has 0 aromatic carbocycles. The van der Waals surface area contributed by atoms with Crippen molar-refractivity contribution < 1.29 is 23.8 Å². The second-order valence-electron chi connectivity index (χ2n) is 5.18. The lowest BCUT2D eigenvalue weighted by Crippen LogP contribution is -2.23. The monoisotopic (exact) mass is 361 g/mol. The Balaban J connectivity index is 2.22. The van der Waals surface area contributed by atoms with Crippen LogP contribution in [0.2, 0.25) is 0 Å². The SMILES string of the molecule is CCOC(=O)/C(C#N)=C1/c2ncn(COCCOC(C)=O)c2N=CN1C. The van der Waals surface area contributed by atoms with Crippen molar-refractivity contribution >= 4 is 29.8 Å². The zero-order valence-electron chi connectivity index (χ0n) is 14.8. The summed E-state index contributed by atoms with van der Waals surface area (Å²) >= 11 is 0. The van der Waals surface area contributed by atoms with Crippen molar-refractivity contribution in [3.8, 4) is 6.07 Å². The maximum atomic E-state index is 12.1. The second-order valence-corrected chi connectivity index (χ2v) is 5.18. The highest BCUT2D eigenvalue weighted by molar-refractivity contribution is 6.04. The molecule has 0 atom stereocenters. The van der Waals surface area contributed by atoms with Crippen LogP contribution in [0.3, 0.4) is 0 Å². The number of carbonyl (C=O) groups is 2. The van der Waals surface area contributed by atoms with Crippen LogP contribution in [0, 0.1) is 11.3 Å². The van der Waals surface area contributed by atoms with Crippen molar-refractivity contribution in [2.45, 2.75) is 20.6 Å². The predicted octanol–water partition coefficient (Wildman–Crippen LogP) is 0.823. The van der Waals surface area contributed by atoms with Gasteiger partial charge in [-0.1, -0.05) is 0 Å². The van der Waals surface area contributed by atoms with Crippen molar-refractivity contribution in [3.63, 3.8) is 0 Å². The van der Waals surface area contributed by atoms with Crippen LogP contribution in [-0.2, 0) is 30.5 Å². The van der Waals surface area contributed by atoms with Gasteiger partial charge >= 0.3 is 11.9 Å². The zero-order valence-corrected chi connectivity index (χ0v) is 14.8. The van der Waals surface area contributed by atoms with Crippen molar-refractivity contribution in [3.05, 3.63) is 17.6 Å². The first-order chi connectivity index (χ1) is 12.5. The van der Waals surface area contributed by atoms with Gasteiger partial charge in [0.05, 0.1) is 31.6 Å². The number of hydrogen-bond acceptors (Lipinski definition) is 9. The average Bonchev–Trinajstić information content (AvgIpc) is 3.00. The van der Waals surface area contributed by atoms with Crippen LogP contribution in [0.4, 0.5) is 5.82 Å². The predicted molar refractivity (Wildman–Crippen MR) is 89.9 cm³/mol. The van der Waals surface area contributed by atoms with Crippen molar-refractivity contribution in [2.75, 3.05) is 26.9 Å². The molecule has 26 heavy (non-hydrogen) atoms. The first kappa shape index (κ1) is 19.1. The van der Waals surface area contributed by atoms with Gasteiger partial charge in [-0.3, -0.25) is 9.36 Å². The molecule has 138 valence electrons. The Morgan fingerprint density at radius 1 is 1.31 bits per heavy atom. The van der Waals surface area contributed by atoms with Gasteiger partial charge in [0, 0.05) is 14.0 Å². The lowest BCUT2D eigenvalue weighted by Gasteiger charge is -2.22. The number of esters is 2. The highest BCUT2D eigenvalue weighted by Crippen LogP contribution is 2.32. The molecule has 0 saturated heterocycles. The van der Waals surface area contributed by atoms with Gasteiger partial charge < -0.3 is 19.1 Å². The molecule has 0 radical (unpaired) electrons. The number of rotatable bonds is 7. The number of imidazole rings is 1. The summed E-state index contributed by atoms with van der Waals surface area (Å²) in [5, 5.41) is 9.39. The fourth-order valence-electron chi connectivity index (χ4n) is 2.24. The maximum Gasteiger partial charge on any atom is 0.351 e. The van der Waals surface area contributed by atoms with Gasteiger partial charge in [0.2, 0.25) is 0 Å². The Morgan fingerprint density at radius 2 is 2.08 bits per heavy atom. The fraction of sp³-hybridized carbons (Fsp3) is 0.438.